The lowest BCUT2D eigenvalue weighted by atomic mass is 9.91. The molecule has 4 heteroatoms. The van der Waals surface area contributed by atoms with Gasteiger partial charge in [0.25, 0.3) is 0 Å². The van der Waals surface area contributed by atoms with Crippen LogP contribution in [0.3, 0.4) is 0 Å². The van der Waals surface area contributed by atoms with Gasteiger partial charge in [-0.25, -0.2) is 0 Å². The summed E-state index contributed by atoms with van der Waals surface area (Å²) in [4.78, 5) is 2.53. The summed E-state index contributed by atoms with van der Waals surface area (Å²) in [7, 11) is 0. The van der Waals surface area contributed by atoms with Crippen molar-refractivity contribution in [3.05, 3.63) is 18.0 Å². The first kappa shape index (κ1) is 12.6. The zero-order valence-electron chi connectivity index (χ0n) is 11.0. The van der Waals surface area contributed by atoms with E-state index in [-0.39, 0.29) is 0 Å². The summed E-state index contributed by atoms with van der Waals surface area (Å²) in [5, 5.41) is 4.33. The minimum absolute atomic E-state index is 0.556. The predicted molar refractivity (Wildman–Crippen MR) is 69.8 cm³/mol. The smallest absolute Gasteiger partial charge is 0.0536 e. The van der Waals surface area contributed by atoms with Crippen LogP contribution in [0.15, 0.2) is 12.4 Å². The third kappa shape index (κ3) is 3.07. The van der Waals surface area contributed by atoms with E-state index in [1.165, 1.54) is 24.9 Å². The average molecular weight is 236 g/mol. The predicted octanol–water partition coefficient (Wildman–Crippen LogP) is 1.25. The normalized spacial score (nSPS) is 26.3. The molecular formula is C13H24N4. The Labute approximate surface area is 104 Å². The van der Waals surface area contributed by atoms with E-state index < -0.39 is 0 Å². The molecule has 96 valence electrons. The molecule has 2 atom stereocenters. The molecule has 2 N–H and O–H groups in total. The standard InChI is InChI=1S/C13H24N4/c1-11-9-15-17(10-11)7-6-16-5-3-4-12(2)13(16)8-14/h9-10,12-13H,3-8,14H2,1-2H3. The van der Waals surface area contributed by atoms with Crippen LogP contribution in [0.2, 0.25) is 0 Å². The Balaban J connectivity index is 1.88. The van der Waals surface area contributed by atoms with Crippen LogP contribution in [-0.2, 0) is 6.54 Å². The third-order valence-electron chi connectivity index (χ3n) is 3.85. The van der Waals surface area contributed by atoms with E-state index in [0.29, 0.717) is 6.04 Å². The van der Waals surface area contributed by atoms with Crippen LogP contribution >= 0.6 is 0 Å². The molecule has 1 aromatic heterocycles. The highest BCUT2D eigenvalue weighted by atomic mass is 15.3. The van der Waals surface area contributed by atoms with Crippen molar-refractivity contribution in [2.75, 3.05) is 19.6 Å². The highest BCUT2D eigenvalue weighted by Crippen LogP contribution is 2.22. The number of aryl methyl sites for hydroxylation is 1. The minimum Gasteiger partial charge on any atom is -0.329 e. The van der Waals surface area contributed by atoms with E-state index in [1.807, 2.05) is 10.9 Å². The summed E-state index contributed by atoms with van der Waals surface area (Å²) in [6.07, 6.45) is 6.64. The van der Waals surface area contributed by atoms with Crippen LogP contribution in [0, 0.1) is 12.8 Å². The second kappa shape index (κ2) is 5.65. The number of piperidine rings is 1. The van der Waals surface area contributed by atoms with Gasteiger partial charge in [0.1, 0.15) is 0 Å². The quantitative estimate of drug-likeness (QED) is 0.856. The Bertz CT molecular complexity index is 347. The van der Waals surface area contributed by atoms with Crippen LogP contribution < -0.4 is 5.73 Å². The molecule has 2 unspecified atom stereocenters. The molecule has 0 radical (unpaired) electrons. The number of nitrogens with zero attached hydrogens (tertiary/aromatic N) is 3. The van der Waals surface area contributed by atoms with Crippen molar-refractivity contribution in [3.8, 4) is 0 Å². The molecule has 0 bridgehead atoms. The Hall–Kier alpha value is -0.870. The molecule has 4 nitrogen and oxygen atoms in total. The summed E-state index contributed by atoms with van der Waals surface area (Å²) in [5.41, 5.74) is 7.12. The minimum atomic E-state index is 0.556. The molecule has 2 rings (SSSR count). The molecule has 1 fully saturated rings. The molecule has 0 aromatic carbocycles. The Morgan fingerprint density at radius 3 is 2.94 bits per heavy atom. The van der Waals surface area contributed by atoms with E-state index in [9.17, 15) is 0 Å². The van der Waals surface area contributed by atoms with E-state index in [4.69, 9.17) is 5.73 Å². The number of aromatic nitrogens is 2. The van der Waals surface area contributed by atoms with Crippen molar-refractivity contribution in [2.45, 2.75) is 39.3 Å². The first-order valence-electron chi connectivity index (χ1n) is 6.64. The topological polar surface area (TPSA) is 47.1 Å². The maximum Gasteiger partial charge on any atom is 0.0536 e. The lowest BCUT2D eigenvalue weighted by molar-refractivity contribution is 0.101. The Kier molecular flexibility index (Phi) is 4.18. The van der Waals surface area contributed by atoms with Crippen LogP contribution in [0.4, 0.5) is 0 Å². The molecule has 0 spiro atoms. The lowest BCUT2D eigenvalue weighted by Crippen LogP contribution is -2.49. The van der Waals surface area contributed by atoms with Crippen molar-refractivity contribution in [1.29, 1.82) is 0 Å². The van der Waals surface area contributed by atoms with Crippen LogP contribution in [0.1, 0.15) is 25.3 Å². The third-order valence-corrected chi connectivity index (χ3v) is 3.85. The molecule has 0 amide bonds. The first-order valence-corrected chi connectivity index (χ1v) is 6.64. The van der Waals surface area contributed by atoms with Gasteiger partial charge in [0.2, 0.25) is 0 Å². The van der Waals surface area contributed by atoms with Gasteiger partial charge in [-0.2, -0.15) is 5.10 Å². The highest BCUT2D eigenvalue weighted by Gasteiger charge is 2.26. The van der Waals surface area contributed by atoms with Crippen molar-refractivity contribution < 1.29 is 0 Å². The van der Waals surface area contributed by atoms with Gasteiger partial charge >= 0.3 is 0 Å². The van der Waals surface area contributed by atoms with Crippen LogP contribution in [0.25, 0.3) is 0 Å². The van der Waals surface area contributed by atoms with Crippen LogP contribution in [0.5, 0.6) is 0 Å². The van der Waals surface area contributed by atoms with Crippen molar-refractivity contribution in [1.82, 2.24) is 14.7 Å². The molecule has 1 aliphatic rings. The fraction of sp³-hybridized carbons (Fsp3) is 0.769. The Morgan fingerprint density at radius 2 is 2.29 bits per heavy atom. The van der Waals surface area contributed by atoms with E-state index >= 15 is 0 Å². The largest absolute Gasteiger partial charge is 0.329 e. The van der Waals surface area contributed by atoms with Gasteiger partial charge in [-0.15, -0.1) is 0 Å². The summed E-state index contributed by atoms with van der Waals surface area (Å²) >= 11 is 0. The SMILES string of the molecule is Cc1cnn(CCN2CCCC(C)C2CN)c1. The van der Waals surface area contributed by atoms with Gasteiger partial charge in [-0.3, -0.25) is 9.58 Å². The number of nitrogens with two attached hydrogens (primary N) is 1. The van der Waals surface area contributed by atoms with E-state index in [2.05, 4.69) is 30.0 Å². The molecular weight excluding hydrogens is 212 g/mol. The zero-order valence-corrected chi connectivity index (χ0v) is 11.0. The lowest BCUT2D eigenvalue weighted by Gasteiger charge is -2.39. The van der Waals surface area contributed by atoms with Gasteiger partial charge in [0.05, 0.1) is 12.7 Å². The van der Waals surface area contributed by atoms with Crippen molar-refractivity contribution in [3.63, 3.8) is 0 Å². The fourth-order valence-corrected chi connectivity index (χ4v) is 2.81. The van der Waals surface area contributed by atoms with Crippen molar-refractivity contribution >= 4 is 0 Å². The van der Waals surface area contributed by atoms with Gasteiger partial charge in [0.15, 0.2) is 0 Å². The fourth-order valence-electron chi connectivity index (χ4n) is 2.81. The van der Waals surface area contributed by atoms with Gasteiger partial charge in [-0.1, -0.05) is 6.92 Å². The second-order valence-electron chi connectivity index (χ2n) is 5.24. The molecule has 0 aliphatic carbocycles. The molecule has 1 saturated heterocycles. The average Bonchev–Trinajstić information content (AvgIpc) is 2.72. The molecule has 1 aromatic rings. The first-order chi connectivity index (χ1) is 8.20. The number of hydrogen-bond donors (Lipinski definition) is 1. The second-order valence-corrected chi connectivity index (χ2v) is 5.24. The molecule has 2 heterocycles. The summed E-state index contributed by atoms with van der Waals surface area (Å²) < 4.78 is 2.03. The molecule has 17 heavy (non-hydrogen) atoms. The highest BCUT2D eigenvalue weighted by molar-refractivity contribution is 4.99. The monoisotopic (exact) mass is 236 g/mol. The Morgan fingerprint density at radius 1 is 1.47 bits per heavy atom. The van der Waals surface area contributed by atoms with Gasteiger partial charge in [-0.05, 0) is 37.8 Å². The number of rotatable bonds is 4. The summed E-state index contributed by atoms with van der Waals surface area (Å²) in [6, 6.07) is 0.556. The van der Waals surface area contributed by atoms with E-state index in [1.54, 1.807) is 0 Å². The molecule has 0 saturated carbocycles. The maximum absolute atomic E-state index is 5.89. The van der Waals surface area contributed by atoms with Crippen LogP contribution in [-0.4, -0.2) is 40.4 Å². The summed E-state index contributed by atoms with van der Waals surface area (Å²) in [5.74, 6) is 0.730. The summed E-state index contributed by atoms with van der Waals surface area (Å²) in [6.45, 7) is 8.40. The van der Waals surface area contributed by atoms with Crippen molar-refractivity contribution in [2.24, 2.45) is 11.7 Å². The maximum atomic E-state index is 5.89. The van der Waals surface area contributed by atoms with E-state index in [0.717, 1.165) is 25.6 Å². The number of likely N-dealkylation sites (tertiary alicyclic amines) is 1. The zero-order chi connectivity index (χ0) is 12.3. The van der Waals surface area contributed by atoms with Gasteiger partial charge in [0, 0.05) is 25.3 Å². The number of hydrogen-bond acceptors (Lipinski definition) is 3. The molecule has 1 aliphatic heterocycles. The van der Waals surface area contributed by atoms with Gasteiger partial charge < -0.3 is 5.73 Å².